The standard InChI is InChI=1S/C26H32N2O5/c1-17(24(30)31)28-23(29)12-13-26(2,3)14-15-27-25(32)33-16-22-20-10-6-4-8-18(20)19-9-5-7-11-21(19)22/h4-11,17,22H,12-16H2,1-3H3,(H,27,32)(H,28,29)(H,30,31)/t17-/m1/s1. The number of alkyl carbamates (subject to hydrolysis) is 1. The van der Waals surface area contributed by atoms with Gasteiger partial charge in [-0.05, 0) is 47.4 Å². The van der Waals surface area contributed by atoms with E-state index in [1.54, 1.807) is 0 Å². The van der Waals surface area contributed by atoms with Gasteiger partial charge in [-0.1, -0.05) is 62.4 Å². The highest BCUT2D eigenvalue weighted by Gasteiger charge is 2.29. The van der Waals surface area contributed by atoms with Crippen LogP contribution in [0.25, 0.3) is 11.1 Å². The predicted molar refractivity (Wildman–Crippen MR) is 126 cm³/mol. The molecule has 33 heavy (non-hydrogen) atoms. The highest BCUT2D eigenvalue weighted by molar-refractivity contribution is 5.83. The van der Waals surface area contributed by atoms with Gasteiger partial charge in [0, 0.05) is 18.9 Å². The minimum absolute atomic E-state index is 0.0197. The molecule has 2 aromatic rings. The van der Waals surface area contributed by atoms with Crippen LogP contribution in [0.15, 0.2) is 48.5 Å². The number of benzene rings is 2. The summed E-state index contributed by atoms with van der Waals surface area (Å²) in [5, 5.41) is 14.1. The van der Waals surface area contributed by atoms with E-state index in [-0.39, 0.29) is 30.3 Å². The van der Waals surface area contributed by atoms with Crippen LogP contribution in [-0.2, 0) is 14.3 Å². The minimum atomic E-state index is -1.06. The molecule has 0 aromatic heterocycles. The fourth-order valence-corrected chi connectivity index (χ4v) is 4.10. The quantitative estimate of drug-likeness (QED) is 0.498. The van der Waals surface area contributed by atoms with E-state index in [9.17, 15) is 14.4 Å². The molecule has 0 aliphatic heterocycles. The number of rotatable bonds is 10. The van der Waals surface area contributed by atoms with Crippen molar-refractivity contribution in [1.82, 2.24) is 10.6 Å². The van der Waals surface area contributed by atoms with Crippen LogP contribution >= 0.6 is 0 Å². The maximum Gasteiger partial charge on any atom is 0.407 e. The first-order chi connectivity index (χ1) is 15.7. The van der Waals surface area contributed by atoms with Gasteiger partial charge >= 0.3 is 12.1 Å². The Morgan fingerprint density at radius 1 is 1.00 bits per heavy atom. The number of amides is 2. The molecular formula is C26H32N2O5. The summed E-state index contributed by atoms with van der Waals surface area (Å²) in [5.41, 5.74) is 4.52. The Morgan fingerprint density at radius 2 is 1.58 bits per heavy atom. The normalized spacial score (nSPS) is 13.5. The molecular weight excluding hydrogens is 420 g/mol. The van der Waals surface area contributed by atoms with Gasteiger partial charge in [-0.15, -0.1) is 0 Å². The van der Waals surface area contributed by atoms with Crippen molar-refractivity contribution in [2.75, 3.05) is 13.2 Å². The number of carboxylic acid groups (broad SMARTS) is 1. The summed E-state index contributed by atoms with van der Waals surface area (Å²) in [7, 11) is 0. The average molecular weight is 453 g/mol. The zero-order valence-electron chi connectivity index (χ0n) is 19.4. The van der Waals surface area contributed by atoms with Crippen molar-refractivity contribution < 1.29 is 24.2 Å². The Kier molecular flexibility index (Phi) is 7.74. The Morgan fingerprint density at radius 3 is 2.15 bits per heavy atom. The van der Waals surface area contributed by atoms with Crippen molar-refractivity contribution in [2.45, 2.75) is 52.0 Å². The second-order valence-corrected chi connectivity index (χ2v) is 9.29. The summed E-state index contributed by atoms with van der Waals surface area (Å²) in [4.78, 5) is 35.0. The molecule has 2 aromatic carbocycles. The molecule has 3 rings (SSSR count). The van der Waals surface area contributed by atoms with E-state index in [1.165, 1.54) is 29.2 Å². The van der Waals surface area contributed by atoms with Gasteiger partial charge < -0.3 is 20.5 Å². The topological polar surface area (TPSA) is 105 Å². The molecule has 1 aliphatic carbocycles. The lowest BCUT2D eigenvalue weighted by Crippen LogP contribution is -2.38. The summed E-state index contributed by atoms with van der Waals surface area (Å²) >= 11 is 0. The Labute approximate surface area is 194 Å². The van der Waals surface area contributed by atoms with Crippen LogP contribution in [0.2, 0.25) is 0 Å². The van der Waals surface area contributed by atoms with E-state index in [4.69, 9.17) is 9.84 Å². The number of fused-ring (bicyclic) bond motifs is 3. The highest BCUT2D eigenvalue weighted by atomic mass is 16.5. The predicted octanol–water partition coefficient (Wildman–Crippen LogP) is 4.31. The second-order valence-electron chi connectivity index (χ2n) is 9.29. The third-order valence-corrected chi connectivity index (χ3v) is 6.19. The molecule has 0 unspecified atom stereocenters. The van der Waals surface area contributed by atoms with Gasteiger partial charge in [0.1, 0.15) is 12.6 Å². The molecule has 7 heteroatoms. The lowest BCUT2D eigenvalue weighted by atomic mass is 9.84. The van der Waals surface area contributed by atoms with Gasteiger partial charge in [0.2, 0.25) is 5.91 Å². The summed E-state index contributed by atoms with van der Waals surface area (Å²) in [6.07, 6.45) is 1.02. The molecule has 0 spiro atoms. The van der Waals surface area contributed by atoms with Gasteiger partial charge in [0.15, 0.2) is 0 Å². The van der Waals surface area contributed by atoms with Crippen LogP contribution in [0.4, 0.5) is 4.79 Å². The molecule has 3 N–H and O–H groups in total. The van der Waals surface area contributed by atoms with Crippen molar-refractivity contribution in [3.05, 3.63) is 59.7 Å². The van der Waals surface area contributed by atoms with E-state index in [2.05, 4.69) is 34.9 Å². The molecule has 2 amide bonds. The lowest BCUT2D eigenvalue weighted by Gasteiger charge is -2.24. The molecule has 0 radical (unpaired) electrons. The van der Waals surface area contributed by atoms with Crippen molar-refractivity contribution in [3.63, 3.8) is 0 Å². The molecule has 0 bridgehead atoms. The van der Waals surface area contributed by atoms with E-state index in [0.29, 0.717) is 19.4 Å². The highest BCUT2D eigenvalue weighted by Crippen LogP contribution is 2.44. The van der Waals surface area contributed by atoms with Crippen molar-refractivity contribution in [1.29, 1.82) is 0 Å². The third kappa shape index (κ3) is 6.34. The fourth-order valence-electron chi connectivity index (χ4n) is 4.10. The van der Waals surface area contributed by atoms with Crippen LogP contribution in [-0.4, -0.2) is 42.3 Å². The zero-order valence-corrected chi connectivity index (χ0v) is 19.4. The first-order valence-electron chi connectivity index (χ1n) is 11.3. The number of carboxylic acids is 1. The monoisotopic (exact) mass is 452 g/mol. The van der Waals surface area contributed by atoms with E-state index < -0.39 is 18.1 Å². The molecule has 0 heterocycles. The maximum atomic E-state index is 12.3. The van der Waals surface area contributed by atoms with Crippen LogP contribution in [0.5, 0.6) is 0 Å². The Hall–Kier alpha value is -3.35. The Bertz CT molecular complexity index is 972. The SMILES string of the molecule is C[C@@H](NC(=O)CCC(C)(C)CCNC(=O)OCC1c2ccccc2-c2ccccc21)C(=O)O. The minimum Gasteiger partial charge on any atom is -0.480 e. The third-order valence-electron chi connectivity index (χ3n) is 6.19. The fraction of sp³-hybridized carbons (Fsp3) is 0.423. The number of hydrogen-bond acceptors (Lipinski definition) is 4. The number of hydrogen-bond donors (Lipinski definition) is 3. The van der Waals surface area contributed by atoms with Crippen molar-refractivity contribution in [2.24, 2.45) is 5.41 Å². The molecule has 0 fully saturated rings. The number of ether oxygens (including phenoxy) is 1. The molecule has 176 valence electrons. The number of aliphatic carboxylic acids is 1. The average Bonchev–Trinajstić information content (AvgIpc) is 3.10. The maximum absolute atomic E-state index is 12.3. The van der Waals surface area contributed by atoms with E-state index in [0.717, 1.165) is 0 Å². The number of carbonyl (C=O) groups is 3. The van der Waals surface area contributed by atoms with Crippen LogP contribution in [0, 0.1) is 5.41 Å². The number of nitrogens with one attached hydrogen (secondary N) is 2. The smallest absolute Gasteiger partial charge is 0.407 e. The molecule has 0 saturated heterocycles. The van der Waals surface area contributed by atoms with Gasteiger partial charge in [-0.2, -0.15) is 0 Å². The summed E-state index contributed by atoms with van der Waals surface area (Å²) in [6, 6.07) is 15.5. The molecule has 1 aliphatic rings. The molecule has 0 saturated carbocycles. The van der Waals surface area contributed by atoms with Gasteiger partial charge in [-0.25, -0.2) is 4.79 Å². The van der Waals surface area contributed by atoms with E-state index in [1.807, 2.05) is 38.1 Å². The molecule has 1 atom stereocenters. The van der Waals surface area contributed by atoms with Gasteiger partial charge in [0.05, 0.1) is 0 Å². The summed E-state index contributed by atoms with van der Waals surface area (Å²) in [5.74, 6) is -1.33. The summed E-state index contributed by atoms with van der Waals surface area (Å²) in [6.45, 7) is 6.16. The van der Waals surface area contributed by atoms with Gasteiger partial charge in [-0.3, -0.25) is 9.59 Å². The van der Waals surface area contributed by atoms with Crippen LogP contribution in [0.1, 0.15) is 57.1 Å². The van der Waals surface area contributed by atoms with Gasteiger partial charge in [0.25, 0.3) is 0 Å². The van der Waals surface area contributed by atoms with E-state index >= 15 is 0 Å². The summed E-state index contributed by atoms with van der Waals surface area (Å²) < 4.78 is 5.55. The van der Waals surface area contributed by atoms with Crippen molar-refractivity contribution in [3.8, 4) is 11.1 Å². The zero-order chi connectivity index (χ0) is 24.0. The second kappa shape index (κ2) is 10.5. The van der Waals surface area contributed by atoms with Crippen LogP contribution < -0.4 is 10.6 Å². The Balaban J connectivity index is 1.43. The number of carbonyl (C=O) groups excluding carboxylic acids is 2. The largest absolute Gasteiger partial charge is 0.480 e. The van der Waals surface area contributed by atoms with Crippen molar-refractivity contribution >= 4 is 18.0 Å². The first kappa shape index (κ1) is 24.3. The first-order valence-corrected chi connectivity index (χ1v) is 11.3. The molecule has 7 nitrogen and oxygen atoms in total. The van der Waals surface area contributed by atoms with Crippen LogP contribution in [0.3, 0.4) is 0 Å². The lowest BCUT2D eigenvalue weighted by molar-refractivity contribution is -0.141.